The smallest absolute Gasteiger partial charge is 0.282 e. The Bertz CT molecular complexity index is 1170. The molecule has 3 aromatic rings. The summed E-state index contributed by atoms with van der Waals surface area (Å²) in [4.78, 5) is 19.9. The number of nitrogens with zero attached hydrogens (tertiary/aromatic N) is 4. The summed E-state index contributed by atoms with van der Waals surface area (Å²) in [6, 6.07) is 10.6. The van der Waals surface area contributed by atoms with Gasteiger partial charge in [0.1, 0.15) is 11.6 Å². The van der Waals surface area contributed by atoms with E-state index in [-0.39, 0.29) is 17.3 Å². The monoisotopic (exact) mass is 470 g/mol. The normalized spacial score (nSPS) is 14.9. The van der Waals surface area contributed by atoms with Gasteiger partial charge in [-0.2, -0.15) is 9.78 Å². The summed E-state index contributed by atoms with van der Waals surface area (Å²) in [6.07, 6.45) is 4.90. The first kappa shape index (κ1) is 20.7. The average molecular weight is 471 g/mol. The highest BCUT2D eigenvalue weighted by Crippen LogP contribution is 2.22. The fourth-order valence-electron chi connectivity index (χ4n) is 3.74. The molecule has 0 N–H and O–H groups in total. The van der Waals surface area contributed by atoms with Crippen LogP contribution in [0.1, 0.15) is 50.4 Å². The molecule has 0 aliphatic carbocycles. The van der Waals surface area contributed by atoms with Gasteiger partial charge in [-0.3, -0.25) is 4.79 Å². The summed E-state index contributed by atoms with van der Waals surface area (Å²) in [5, 5.41) is 4.79. The molecule has 7 heteroatoms. The van der Waals surface area contributed by atoms with Crippen molar-refractivity contribution in [3.63, 3.8) is 0 Å². The minimum Gasteiger partial charge on any atom is -0.371 e. The Morgan fingerprint density at radius 2 is 1.90 bits per heavy atom. The van der Waals surface area contributed by atoms with Crippen molar-refractivity contribution in [3.8, 4) is 0 Å². The van der Waals surface area contributed by atoms with Gasteiger partial charge in [0.2, 0.25) is 0 Å². The van der Waals surface area contributed by atoms with Crippen molar-refractivity contribution in [3.05, 3.63) is 68.4 Å². The van der Waals surface area contributed by atoms with Gasteiger partial charge in [0.15, 0.2) is 0 Å². The van der Waals surface area contributed by atoms with Crippen molar-refractivity contribution < 1.29 is 4.39 Å². The lowest BCUT2D eigenvalue weighted by atomic mass is 10.1. The molecule has 1 saturated heterocycles. The SMILES string of the molecule is CC(C)c1nc2ccc(Br)cc2c(=O)n1N=Cc1ccc(N2CCCCC2)cc1F. The number of piperidine rings is 1. The summed E-state index contributed by atoms with van der Waals surface area (Å²) in [5.74, 6) is 0.170. The van der Waals surface area contributed by atoms with E-state index in [0.29, 0.717) is 22.3 Å². The van der Waals surface area contributed by atoms with Crippen LogP contribution in [0.4, 0.5) is 10.1 Å². The zero-order chi connectivity index (χ0) is 21.3. The van der Waals surface area contributed by atoms with Gasteiger partial charge in [0.25, 0.3) is 5.56 Å². The number of benzene rings is 2. The van der Waals surface area contributed by atoms with Gasteiger partial charge in [0, 0.05) is 34.7 Å². The minimum atomic E-state index is -0.350. The van der Waals surface area contributed by atoms with Crippen molar-refractivity contribution in [1.29, 1.82) is 0 Å². The molecule has 5 nitrogen and oxygen atoms in total. The van der Waals surface area contributed by atoms with E-state index in [9.17, 15) is 9.18 Å². The van der Waals surface area contributed by atoms with Crippen LogP contribution in [0.3, 0.4) is 0 Å². The van der Waals surface area contributed by atoms with Crippen LogP contribution in [0.2, 0.25) is 0 Å². The second-order valence-corrected chi connectivity index (χ2v) is 8.82. The molecule has 1 aromatic heterocycles. The van der Waals surface area contributed by atoms with Crippen LogP contribution in [0.25, 0.3) is 10.9 Å². The zero-order valence-corrected chi connectivity index (χ0v) is 18.7. The maximum Gasteiger partial charge on any atom is 0.282 e. The van der Waals surface area contributed by atoms with E-state index in [0.717, 1.165) is 36.1 Å². The fraction of sp³-hybridized carbons (Fsp3) is 0.348. The second kappa shape index (κ2) is 8.68. The molecular weight excluding hydrogens is 447 g/mol. The molecule has 1 fully saturated rings. The first-order valence-electron chi connectivity index (χ1n) is 10.2. The number of halogens is 2. The lowest BCUT2D eigenvalue weighted by Gasteiger charge is -2.28. The van der Waals surface area contributed by atoms with Crippen LogP contribution in [-0.2, 0) is 0 Å². The maximum absolute atomic E-state index is 14.7. The second-order valence-electron chi connectivity index (χ2n) is 7.90. The lowest BCUT2D eigenvalue weighted by Crippen LogP contribution is -2.29. The van der Waals surface area contributed by atoms with E-state index in [2.05, 4.69) is 30.9 Å². The van der Waals surface area contributed by atoms with E-state index >= 15 is 0 Å². The van der Waals surface area contributed by atoms with Crippen LogP contribution < -0.4 is 10.5 Å². The van der Waals surface area contributed by atoms with Gasteiger partial charge in [-0.25, -0.2) is 9.37 Å². The number of fused-ring (bicyclic) bond motifs is 1. The van der Waals surface area contributed by atoms with E-state index in [1.165, 1.54) is 17.3 Å². The zero-order valence-electron chi connectivity index (χ0n) is 17.1. The van der Waals surface area contributed by atoms with Crippen molar-refractivity contribution in [2.75, 3.05) is 18.0 Å². The van der Waals surface area contributed by atoms with Crippen molar-refractivity contribution >= 4 is 38.7 Å². The molecule has 0 spiro atoms. The van der Waals surface area contributed by atoms with Gasteiger partial charge >= 0.3 is 0 Å². The first-order valence-corrected chi connectivity index (χ1v) is 11.0. The van der Waals surface area contributed by atoms with Crippen LogP contribution >= 0.6 is 15.9 Å². The number of anilines is 1. The predicted molar refractivity (Wildman–Crippen MR) is 123 cm³/mol. The van der Waals surface area contributed by atoms with Gasteiger partial charge in [-0.15, -0.1) is 0 Å². The third-order valence-electron chi connectivity index (χ3n) is 5.37. The number of hydrogen-bond donors (Lipinski definition) is 0. The van der Waals surface area contributed by atoms with E-state index < -0.39 is 0 Å². The Morgan fingerprint density at radius 1 is 1.13 bits per heavy atom. The molecule has 156 valence electrons. The molecule has 2 heterocycles. The Labute approximate surface area is 183 Å². The van der Waals surface area contributed by atoms with E-state index in [4.69, 9.17) is 0 Å². The summed E-state index contributed by atoms with van der Waals surface area (Å²) < 4.78 is 16.8. The van der Waals surface area contributed by atoms with Crippen molar-refractivity contribution in [1.82, 2.24) is 9.66 Å². The standard InChI is InChI=1S/C23H24BrFN4O/c1-15(2)22-27-21-9-7-17(24)12-19(21)23(30)29(22)26-14-16-6-8-18(13-20(16)25)28-10-4-3-5-11-28/h6-9,12-15H,3-5,10-11H2,1-2H3. The quantitative estimate of drug-likeness (QED) is 0.486. The Kier molecular flexibility index (Phi) is 5.99. The Morgan fingerprint density at radius 3 is 2.60 bits per heavy atom. The van der Waals surface area contributed by atoms with Gasteiger partial charge in [-0.05, 0) is 55.7 Å². The van der Waals surface area contributed by atoms with E-state index in [1.807, 2.05) is 26.0 Å². The molecule has 2 aromatic carbocycles. The third kappa shape index (κ3) is 4.17. The Hall–Kier alpha value is -2.54. The first-order chi connectivity index (χ1) is 14.4. The Balaban J connectivity index is 1.72. The highest BCUT2D eigenvalue weighted by Gasteiger charge is 2.15. The molecule has 0 bridgehead atoms. The molecule has 4 rings (SSSR count). The molecule has 1 aliphatic rings. The summed E-state index contributed by atoms with van der Waals surface area (Å²) in [7, 11) is 0. The molecular formula is C23H24BrFN4O. The lowest BCUT2D eigenvalue weighted by molar-refractivity contribution is 0.574. The molecule has 30 heavy (non-hydrogen) atoms. The highest BCUT2D eigenvalue weighted by atomic mass is 79.9. The van der Waals surface area contributed by atoms with Crippen molar-refractivity contribution in [2.45, 2.75) is 39.0 Å². The van der Waals surface area contributed by atoms with Crippen LogP contribution in [0.15, 0.2) is 50.8 Å². The summed E-state index contributed by atoms with van der Waals surface area (Å²) >= 11 is 3.40. The topological polar surface area (TPSA) is 50.5 Å². The molecule has 1 aliphatic heterocycles. The summed E-state index contributed by atoms with van der Waals surface area (Å²) in [6.45, 7) is 5.82. The van der Waals surface area contributed by atoms with Crippen LogP contribution in [-0.4, -0.2) is 29.0 Å². The fourth-order valence-corrected chi connectivity index (χ4v) is 4.10. The third-order valence-corrected chi connectivity index (χ3v) is 5.86. The molecule has 0 unspecified atom stereocenters. The highest BCUT2D eigenvalue weighted by molar-refractivity contribution is 9.10. The largest absolute Gasteiger partial charge is 0.371 e. The van der Waals surface area contributed by atoms with Gasteiger partial charge in [-0.1, -0.05) is 29.8 Å². The number of aromatic nitrogens is 2. The number of hydrogen-bond acceptors (Lipinski definition) is 4. The molecule has 0 atom stereocenters. The average Bonchev–Trinajstić information content (AvgIpc) is 2.74. The molecule has 0 saturated carbocycles. The van der Waals surface area contributed by atoms with E-state index in [1.54, 1.807) is 24.3 Å². The van der Waals surface area contributed by atoms with Gasteiger partial charge in [0.05, 0.1) is 17.1 Å². The molecule has 0 amide bonds. The summed E-state index contributed by atoms with van der Waals surface area (Å²) in [5.41, 5.74) is 1.58. The van der Waals surface area contributed by atoms with Crippen LogP contribution in [0, 0.1) is 5.82 Å². The van der Waals surface area contributed by atoms with Crippen molar-refractivity contribution in [2.24, 2.45) is 5.10 Å². The van der Waals surface area contributed by atoms with Gasteiger partial charge < -0.3 is 4.90 Å². The molecule has 0 radical (unpaired) electrons. The predicted octanol–water partition coefficient (Wildman–Crippen LogP) is 5.29. The number of rotatable bonds is 4. The van der Waals surface area contributed by atoms with Crippen LogP contribution in [0.5, 0.6) is 0 Å². The maximum atomic E-state index is 14.7. The minimum absolute atomic E-state index is 0.0192.